The molecule has 0 saturated carbocycles. The Morgan fingerprint density at radius 1 is 1.24 bits per heavy atom. The lowest BCUT2D eigenvalue weighted by atomic mass is 10.2. The van der Waals surface area contributed by atoms with Gasteiger partial charge in [0.05, 0.1) is 11.4 Å². The molecule has 1 unspecified atom stereocenters. The molecule has 0 spiro atoms. The molecule has 2 heterocycles. The number of amides is 1. The molecule has 10 heteroatoms. The van der Waals surface area contributed by atoms with Crippen molar-refractivity contribution in [1.29, 1.82) is 0 Å². The minimum Gasteiger partial charge on any atom is -0.472 e. The highest BCUT2D eigenvalue weighted by atomic mass is 32.2. The van der Waals surface area contributed by atoms with E-state index in [1.54, 1.807) is 31.2 Å². The first kappa shape index (κ1) is 21.0. The van der Waals surface area contributed by atoms with Gasteiger partial charge in [0, 0.05) is 39.3 Å². The molecule has 1 fully saturated rings. The third kappa shape index (κ3) is 4.83. The first-order chi connectivity index (χ1) is 13.7. The third-order valence-electron chi connectivity index (χ3n) is 4.59. The van der Waals surface area contributed by atoms with Crippen molar-refractivity contribution in [1.82, 2.24) is 14.5 Å². The van der Waals surface area contributed by atoms with E-state index in [1.165, 1.54) is 17.3 Å². The van der Waals surface area contributed by atoms with Gasteiger partial charge in [-0.1, -0.05) is 0 Å². The summed E-state index contributed by atoms with van der Waals surface area (Å²) in [6, 6.07) is 8.29. The van der Waals surface area contributed by atoms with Crippen LogP contribution < -0.4 is 15.0 Å². The number of benzene rings is 1. The number of rotatable bonds is 6. The normalized spacial score (nSPS) is 17.2. The van der Waals surface area contributed by atoms with Gasteiger partial charge in [-0.3, -0.25) is 4.79 Å². The number of hydrogen-bond acceptors (Lipinski definition) is 7. The van der Waals surface area contributed by atoms with Crippen molar-refractivity contribution >= 4 is 27.4 Å². The van der Waals surface area contributed by atoms with E-state index in [9.17, 15) is 13.2 Å². The Bertz CT molecular complexity index is 992. The molecule has 1 aliphatic rings. The van der Waals surface area contributed by atoms with Crippen LogP contribution in [-0.4, -0.2) is 62.1 Å². The summed E-state index contributed by atoms with van der Waals surface area (Å²) in [4.78, 5) is 13.2. The molecule has 1 aromatic heterocycles. The van der Waals surface area contributed by atoms with Gasteiger partial charge < -0.3 is 15.0 Å². The van der Waals surface area contributed by atoms with Gasteiger partial charge in [-0.15, -0.1) is 10.2 Å². The van der Waals surface area contributed by atoms with Gasteiger partial charge in [-0.2, -0.15) is 4.31 Å². The van der Waals surface area contributed by atoms with Gasteiger partial charge >= 0.3 is 0 Å². The molecule has 1 amide bonds. The second kappa shape index (κ2) is 8.34. The van der Waals surface area contributed by atoms with Gasteiger partial charge in [0.25, 0.3) is 0 Å². The lowest BCUT2D eigenvalue weighted by Gasteiger charge is -2.19. The molecule has 3 rings (SSSR count). The van der Waals surface area contributed by atoms with Gasteiger partial charge in [0.2, 0.25) is 21.8 Å². The quantitative estimate of drug-likeness (QED) is 0.759. The maximum atomic E-state index is 13.1. The van der Waals surface area contributed by atoms with Crippen LogP contribution in [0, 0.1) is 6.92 Å². The summed E-state index contributed by atoms with van der Waals surface area (Å²) in [7, 11) is 0.0802. The van der Waals surface area contributed by atoms with Crippen LogP contribution in [0.25, 0.3) is 0 Å². The summed E-state index contributed by atoms with van der Waals surface area (Å²) in [5.41, 5.74) is 1.14. The molecule has 156 valence electrons. The zero-order valence-corrected chi connectivity index (χ0v) is 17.7. The SMILES string of the molecule is CC(=O)Nc1ccc(S(=O)(=O)N2CCC(Oc3ccc(N(C)C)nn3)C2)c(C)c1. The average molecular weight is 420 g/mol. The van der Waals surface area contributed by atoms with Crippen LogP contribution >= 0.6 is 0 Å². The second-order valence-corrected chi connectivity index (χ2v) is 9.08. The molecule has 0 aliphatic carbocycles. The molecule has 1 atom stereocenters. The van der Waals surface area contributed by atoms with Crippen molar-refractivity contribution < 1.29 is 17.9 Å². The molecular weight excluding hydrogens is 394 g/mol. The van der Waals surface area contributed by atoms with E-state index in [4.69, 9.17) is 4.74 Å². The lowest BCUT2D eigenvalue weighted by Crippen LogP contribution is -2.31. The molecule has 1 aromatic carbocycles. The molecule has 0 bridgehead atoms. The minimum absolute atomic E-state index is 0.207. The van der Waals surface area contributed by atoms with Crippen LogP contribution in [-0.2, 0) is 14.8 Å². The molecule has 9 nitrogen and oxygen atoms in total. The predicted octanol–water partition coefficient (Wildman–Crippen LogP) is 1.65. The monoisotopic (exact) mass is 419 g/mol. The number of sulfonamides is 1. The first-order valence-electron chi connectivity index (χ1n) is 9.23. The molecule has 1 N–H and O–H groups in total. The Morgan fingerprint density at radius 3 is 2.59 bits per heavy atom. The number of aromatic nitrogens is 2. The summed E-state index contributed by atoms with van der Waals surface area (Å²) >= 11 is 0. The first-order valence-corrected chi connectivity index (χ1v) is 10.7. The van der Waals surface area contributed by atoms with Crippen molar-refractivity contribution in [2.24, 2.45) is 0 Å². The number of aryl methyl sites for hydroxylation is 1. The van der Waals surface area contributed by atoms with Crippen LogP contribution in [0.3, 0.4) is 0 Å². The van der Waals surface area contributed by atoms with Gasteiger partial charge in [-0.05, 0) is 43.2 Å². The second-order valence-electron chi connectivity index (χ2n) is 7.18. The van der Waals surface area contributed by atoms with Gasteiger partial charge in [0.15, 0.2) is 5.82 Å². The number of anilines is 2. The van der Waals surface area contributed by atoms with Crippen LogP contribution in [0.2, 0.25) is 0 Å². The maximum Gasteiger partial charge on any atom is 0.243 e. The number of hydrogen-bond donors (Lipinski definition) is 1. The Hall–Kier alpha value is -2.72. The van der Waals surface area contributed by atoms with Crippen molar-refractivity contribution in [3.63, 3.8) is 0 Å². The number of ether oxygens (including phenoxy) is 1. The van der Waals surface area contributed by atoms with Crippen LogP contribution in [0.15, 0.2) is 35.2 Å². The Balaban J connectivity index is 1.69. The summed E-state index contributed by atoms with van der Waals surface area (Å²) in [6.07, 6.45) is 0.280. The third-order valence-corrected chi connectivity index (χ3v) is 6.62. The van der Waals surface area contributed by atoms with E-state index in [0.29, 0.717) is 35.9 Å². The number of carbonyl (C=O) groups excluding carboxylic acids is 1. The van der Waals surface area contributed by atoms with Crippen molar-refractivity contribution in [3.8, 4) is 5.88 Å². The highest BCUT2D eigenvalue weighted by Gasteiger charge is 2.34. The van der Waals surface area contributed by atoms with E-state index in [-0.39, 0.29) is 23.5 Å². The number of nitrogens with one attached hydrogen (secondary N) is 1. The Morgan fingerprint density at radius 2 is 2.00 bits per heavy atom. The molecule has 1 saturated heterocycles. The van der Waals surface area contributed by atoms with Gasteiger partial charge in [0.1, 0.15) is 6.10 Å². The van der Waals surface area contributed by atoms with Crippen molar-refractivity contribution in [2.45, 2.75) is 31.3 Å². The molecule has 29 heavy (non-hydrogen) atoms. The highest BCUT2D eigenvalue weighted by Crippen LogP contribution is 2.27. The fourth-order valence-corrected chi connectivity index (χ4v) is 4.85. The van der Waals surface area contributed by atoms with E-state index < -0.39 is 10.0 Å². The van der Waals surface area contributed by atoms with E-state index in [1.807, 2.05) is 19.0 Å². The topological polar surface area (TPSA) is 105 Å². The van der Waals surface area contributed by atoms with Crippen LogP contribution in [0.4, 0.5) is 11.5 Å². The molecule has 0 radical (unpaired) electrons. The van der Waals surface area contributed by atoms with E-state index in [2.05, 4.69) is 15.5 Å². The van der Waals surface area contributed by atoms with E-state index >= 15 is 0 Å². The predicted molar refractivity (Wildman–Crippen MR) is 110 cm³/mol. The molecule has 1 aliphatic heterocycles. The summed E-state index contributed by atoms with van der Waals surface area (Å²) in [6.45, 7) is 3.72. The maximum absolute atomic E-state index is 13.1. The lowest BCUT2D eigenvalue weighted by molar-refractivity contribution is -0.114. The van der Waals surface area contributed by atoms with Crippen molar-refractivity contribution in [2.75, 3.05) is 37.4 Å². The van der Waals surface area contributed by atoms with Crippen LogP contribution in [0.5, 0.6) is 5.88 Å². The zero-order chi connectivity index (χ0) is 21.2. The minimum atomic E-state index is -3.66. The Labute approximate surface area is 170 Å². The highest BCUT2D eigenvalue weighted by molar-refractivity contribution is 7.89. The number of nitrogens with zero attached hydrogens (tertiary/aromatic N) is 4. The van der Waals surface area contributed by atoms with Gasteiger partial charge in [-0.25, -0.2) is 8.42 Å². The number of carbonyl (C=O) groups is 1. The molecule has 2 aromatic rings. The summed E-state index contributed by atoms with van der Waals surface area (Å²) in [5, 5.41) is 10.8. The Kier molecular flexibility index (Phi) is 6.04. The zero-order valence-electron chi connectivity index (χ0n) is 16.9. The smallest absolute Gasteiger partial charge is 0.243 e. The molecular formula is C19H25N5O4S. The summed E-state index contributed by atoms with van der Waals surface area (Å²) < 4.78 is 33.3. The fraction of sp³-hybridized carbons (Fsp3) is 0.421. The van der Waals surface area contributed by atoms with E-state index in [0.717, 1.165) is 0 Å². The van der Waals surface area contributed by atoms with Crippen LogP contribution in [0.1, 0.15) is 18.9 Å². The fourth-order valence-electron chi connectivity index (χ4n) is 3.16. The largest absolute Gasteiger partial charge is 0.472 e. The summed E-state index contributed by atoms with van der Waals surface area (Å²) in [5.74, 6) is 0.878. The average Bonchev–Trinajstić information content (AvgIpc) is 3.11. The standard InChI is InChI=1S/C19H25N5O4S/c1-13-11-15(20-14(2)25)5-6-17(13)29(26,27)24-10-9-16(12-24)28-19-8-7-18(21-22-19)23(3)4/h5-8,11,16H,9-10,12H2,1-4H3,(H,20,25). The van der Waals surface area contributed by atoms with Crippen molar-refractivity contribution in [3.05, 3.63) is 35.9 Å².